The molecule has 0 unspecified atom stereocenters. The zero-order valence-electron chi connectivity index (χ0n) is 3.78. The van der Waals surface area contributed by atoms with Gasteiger partial charge < -0.3 is 5.23 Å². The van der Waals surface area contributed by atoms with Crippen molar-refractivity contribution in [3.05, 3.63) is 0 Å². The molecule has 2 heteroatoms. The van der Waals surface area contributed by atoms with Crippen LogP contribution in [-0.2, 0) is 0 Å². The van der Waals surface area contributed by atoms with Gasteiger partial charge in [0, 0.05) is 0 Å². The first kappa shape index (κ1) is 5.02. The molecule has 0 saturated heterocycles. The Morgan fingerprint density at radius 3 is 2.40 bits per heavy atom. The first-order valence-electron chi connectivity index (χ1n) is 1.90. The molecule has 0 rings (SSSR count). The van der Waals surface area contributed by atoms with Crippen LogP contribution >= 0.6 is 0 Å². The van der Waals surface area contributed by atoms with Gasteiger partial charge in [-0.2, -0.15) is 0 Å². The van der Waals surface area contributed by atoms with E-state index >= 15 is 0 Å². The van der Waals surface area contributed by atoms with Gasteiger partial charge in [0.25, 0.3) is 0 Å². The van der Waals surface area contributed by atoms with Gasteiger partial charge in [-0.25, -0.2) is 13.7 Å². The fourth-order valence-corrected chi connectivity index (χ4v) is 0.204. The van der Waals surface area contributed by atoms with E-state index in [0.29, 0.717) is 0 Å². The lowest BCUT2D eigenvalue weighted by Crippen LogP contribution is -2.09. The van der Waals surface area contributed by atoms with Gasteiger partial charge in [-0.3, -0.25) is 0 Å². The first-order chi connectivity index (χ1) is 2.41. The average Bonchev–Trinajstić information content (AvgIpc) is 1.41. The molecule has 1 N–H and O–H groups in total. The maximum Gasteiger partial charge on any atom is -0.0576 e. The highest BCUT2D eigenvalue weighted by molar-refractivity contribution is 6.31. The van der Waals surface area contributed by atoms with Crippen LogP contribution in [0.5, 0.6) is 0 Å². The van der Waals surface area contributed by atoms with Gasteiger partial charge in [-0.15, -0.1) is 6.92 Å². The van der Waals surface area contributed by atoms with Crippen LogP contribution in [0.2, 0.25) is 6.32 Å². The van der Waals surface area contributed by atoms with Gasteiger partial charge in [0.15, 0.2) is 0 Å². The van der Waals surface area contributed by atoms with Crippen molar-refractivity contribution in [1.82, 2.24) is 5.23 Å². The van der Waals surface area contributed by atoms with E-state index in [2.05, 4.69) is 12.2 Å². The fraction of sp³-hybridized carbons (Fsp3) is 1.00. The van der Waals surface area contributed by atoms with Crippen LogP contribution in [0.25, 0.3) is 0 Å². The Bertz CT molecular complexity index is 14.4. The Labute approximate surface area is 34.0 Å². The predicted octanol–water partition coefficient (Wildman–Crippen LogP) is 0.263. The van der Waals surface area contributed by atoms with Gasteiger partial charge in [0.1, 0.15) is 0 Å². The summed E-state index contributed by atoms with van der Waals surface area (Å²) in [6.45, 7) is 2.09. The lowest BCUT2D eigenvalue weighted by Gasteiger charge is -2.04. The highest BCUT2D eigenvalue weighted by Crippen LogP contribution is 1.61. The molecular weight excluding hydrogens is 60.9 g/mol. The highest BCUT2D eigenvalue weighted by atomic mass is 14.7. The van der Waals surface area contributed by atoms with E-state index in [1.807, 2.05) is 14.5 Å². The van der Waals surface area contributed by atoms with Crippen molar-refractivity contribution in [2.45, 2.75) is 13.2 Å². The van der Waals surface area contributed by atoms with E-state index in [1.54, 1.807) is 0 Å². The van der Waals surface area contributed by atoms with Crippen LogP contribution in [0.4, 0.5) is 0 Å². The molecule has 2 radical (unpaired) electrons. The molecule has 0 heterocycles. The highest BCUT2D eigenvalue weighted by Gasteiger charge is 1.46. The van der Waals surface area contributed by atoms with Crippen molar-refractivity contribution < 1.29 is 0 Å². The van der Waals surface area contributed by atoms with Crippen molar-refractivity contribution in [1.29, 1.82) is 0 Å². The molecule has 0 aliphatic heterocycles. The molecule has 0 atom stereocenters. The van der Waals surface area contributed by atoms with Crippen LogP contribution in [-0.4, -0.2) is 14.5 Å². The van der Waals surface area contributed by atoms with E-state index in [9.17, 15) is 0 Å². The summed E-state index contributed by atoms with van der Waals surface area (Å²) in [5.41, 5.74) is 0. The summed E-state index contributed by atoms with van der Waals surface area (Å²) in [6.07, 6.45) is 1.11. The molecule has 0 spiro atoms. The molecule has 0 aliphatic carbocycles. The minimum Gasteiger partial charge on any atom is -0.558 e. The molecule has 5 heavy (non-hydrogen) atoms. The summed E-state index contributed by atoms with van der Waals surface area (Å²) in [7, 11) is 3.91. The SMILES string of the molecule is CC[B-]NC. The third-order valence-corrected chi connectivity index (χ3v) is 0.408. The monoisotopic (exact) mass is 70.1 g/mol. The Hall–Kier alpha value is 0.0249. The third kappa shape index (κ3) is 4.02. The van der Waals surface area contributed by atoms with Gasteiger partial charge in [0.2, 0.25) is 0 Å². The van der Waals surface area contributed by atoms with Crippen LogP contribution in [0.15, 0.2) is 0 Å². The summed E-state index contributed by atoms with van der Waals surface area (Å²) < 4.78 is 0. The number of hydrogen-bond donors (Lipinski definition) is 1. The van der Waals surface area contributed by atoms with E-state index in [0.717, 1.165) is 6.32 Å². The molecule has 30 valence electrons. The van der Waals surface area contributed by atoms with Gasteiger partial charge in [-0.1, -0.05) is 7.05 Å². The molecule has 0 amide bonds. The van der Waals surface area contributed by atoms with Crippen LogP contribution in [0, 0.1) is 0 Å². The van der Waals surface area contributed by atoms with Gasteiger partial charge in [-0.05, 0) is 0 Å². The second kappa shape index (κ2) is 4.02. The number of hydrogen-bond acceptors (Lipinski definition) is 1. The summed E-state index contributed by atoms with van der Waals surface area (Å²) in [5.74, 6) is 0. The van der Waals surface area contributed by atoms with Crippen molar-refractivity contribution in [3.8, 4) is 0 Å². The largest absolute Gasteiger partial charge is 0.558 e. The van der Waals surface area contributed by atoms with Crippen LogP contribution in [0.3, 0.4) is 0 Å². The molecule has 0 bridgehead atoms. The molecular formula is C3H9BN-. The second-order valence-electron chi connectivity index (χ2n) is 0.901. The summed E-state index contributed by atoms with van der Waals surface area (Å²) >= 11 is 0. The summed E-state index contributed by atoms with van der Waals surface area (Å²) in [5, 5.41) is 2.89. The van der Waals surface area contributed by atoms with E-state index in [1.165, 1.54) is 0 Å². The zero-order chi connectivity index (χ0) is 4.12. The van der Waals surface area contributed by atoms with E-state index in [4.69, 9.17) is 0 Å². The van der Waals surface area contributed by atoms with Crippen LogP contribution in [0.1, 0.15) is 6.92 Å². The lowest BCUT2D eigenvalue weighted by molar-refractivity contribution is 1.21. The third-order valence-electron chi connectivity index (χ3n) is 0.408. The average molecular weight is 69.9 g/mol. The molecule has 0 aliphatic rings. The smallest absolute Gasteiger partial charge is 0.0576 e. The lowest BCUT2D eigenvalue weighted by atomic mass is 9.92. The molecule has 0 saturated carbocycles. The molecule has 1 nitrogen and oxygen atoms in total. The molecule has 0 aromatic heterocycles. The Kier molecular flexibility index (Phi) is 4.05. The van der Waals surface area contributed by atoms with Gasteiger partial charge >= 0.3 is 0 Å². The van der Waals surface area contributed by atoms with Gasteiger partial charge in [0.05, 0.1) is 0 Å². The van der Waals surface area contributed by atoms with Crippen LogP contribution < -0.4 is 5.23 Å². The summed E-state index contributed by atoms with van der Waals surface area (Å²) in [4.78, 5) is 0. The molecule has 0 fully saturated rings. The zero-order valence-corrected chi connectivity index (χ0v) is 3.78. The molecule has 0 aromatic rings. The van der Waals surface area contributed by atoms with Crippen molar-refractivity contribution in [2.75, 3.05) is 7.05 Å². The first-order valence-corrected chi connectivity index (χ1v) is 1.90. The maximum absolute atomic E-state index is 2.89. The Balaban J connectivity index is 2.19. The molecule has 0 aromatic carbocycles. The standard InChI is InChI=1S/C3H9BN/c1-3-4-5-2/h5H,3H2,1-2H3/q-1. The minimum atomic E-state index is 1.11. The normalized spacial score (nSPS) is 8.40. The van der Waals surface area contributed by atoms with Crippen molar-refractivity contribution in [2.24, 2.45) is 0 Å². The van der Waals surface area contributed by atoms with Crippen molar-refractivity contribution >= 4 is 7.41 Å². The predicted molar refractivity (Wildman–Crippen MR) is 25.3 cm³/mol. The Morgan fingerprint density at radius 1 is 1.80 bits per heavy atom. The quantitative estimate of drug-likeness (QED) is 0.459. The Morgan fingerprint density at radius 2 is 2.40 bits per heavy atom. The van der Waals surface area contributed by atoms with Crippen molar-refractivity contribution in [3.63, 3.8) is 0 Å². The van der Waals surface area contributed by atoms with E-state index < -0.39 is 0 Å². The number of rotatable bonds is 2. The topological polar surface area (TPSA) is 12.0 Å². The fourth-order valence-electron chi connectivity index (χ4n) is 0.204. The number of nitrogens with one attached hydrogen (secondary N) is 1. The summed E-state index contributed by atoms with van der Waals surface area (Å²) in [6, 6.07) is 0. The minimum absolute atomic E-state index is 1.11. The van der Waals surface area contributed by atoms with E-state index in [-0.39, 0.29) is 0 Å². The maximum atomic E-state index is 2.89. The second-order valence-corrected chi connectivity index (χ2v) is 0.901.